The number of piperidine rings is 1. The molecule has 3 aliphatic heterocycles. The minimum atomic E-state index is -0.482. The van der Waals surface area contributed by atoms with Crippen LogP contribution in [0.5, 0.6) is 0 Å². The summed E-state index contributed by atoms with van der Waals surface area (Å²) in [7, 11) is 0. The Bertz CT molecular complexity index is 1140. The van der Waals surface area contributed by atoms with Crippen molar-refractivity contribution in [1.82, 2.24) is 9.80 Å². The Morgan fingerprint density at radius 1 is 0.829 bits per heavy atom. The van der Waals surface area contributed by atoms with Crippen molar-refractivity contribution >= 4 is 17.8 Å². The third-order valence-corrected chi connectivity index (χ3v) is 8.70. The van der Waals surface area contributed by atoms with Gasteiger partial charge in [-0.2, -0.15) is 0 Å². The molecule has 0 N–H and O–H groups in total. The van der Waals surface area contributed by atoms with Gasteiger partial charge in [0.1, 0.15) is 6.10 Å². The van der Waals surface area contributed by atoms with Gasteiger partial charge in [-0.05, 0) is 60.6 Å². The molecule has 1 atom stereocenters. The molecule has 1 aliphatic carbocycles. The highest BCUT2D eigenvalue weighted by molar-refractivity contribution is 5.94. The number of carbonyl (C=O) groups excluding carboxylic acids is 3. The van der Waals surface area contributed by atoms with Gasteiger partial charge in [-0.1, -0.05) is 42.5 Å². The Balaban J connectivity index is 0.999. The van der Waals surface area contributed by atoms with Gasteiger partial charge in [0, 0.05) is 38.2 Å². The van der Waals surface area contributed by atoms with Crippen LogP contribution in [0.3, 0.4) is 0 Å². The minimum Gasteiger partial charge on any atom is -0.453 e. The number of nitrogens with zero attached hydrogens (tertiary/aromatic N) is 2. The molecule has 2 fully saturated rings. The summed E-state index contributed by atoms with van der Waals surface area (Å²) in [5.74, 6) is 0.418. The van der Waals surface area contributed by atoms with E-state index in [2.05, 4.69) is 24.3 Å². The van der Waals surface area contributed by atoms with E-state index < -0.39 is 6.10 Å². The predicted octanol–water partition coefficient (Wildman–Crippen LogP) is 3.93. The Morgan fingerprint density at radius 3 is 2.14 bits per heavy atom. The molecule has 6 heteroatoms. The summed E-state index contributed by atoms with van der Waals surface area (Å²) in [6.07, 6.45) is 5.27. The quantitative estimate of drug-likeness (QED) is 0.633. The molecule has 0 aromatic heterocycles. The normalized spacial score (nSPS) is 22.9. The van der Waals surface area contributed by atoms with Crippen molar-refractivity contribution in [2.45, 2.75) is 51.0 Å². The SMILES string of the molecule is O=C1OC(CC(=O)N2CCC3(CCN(C(=O)CC4Cc5ccccc5C4)CC3)C2)c2ccccc21. The molecule has 3 heterocycles. The first-order valence-corrected chi connectivity index (χ1v) is 12.9. The lowest BCUT2D eigenvalue weighted by atomic mass is 9.77. The maximum absolute atomic E-state index is 13.1. The third-order valence-electron chi connectivity index (χ3n) is 8.70. The molecule has 0 bridgehead atoms. The molecule has 35 heavy (non-hydrogen) atoms. The highest BCUT2D eigenvalue weighted by Crippen LogP contribution is 2.42. The summed E-state index contributed by atoms with van der Waals surface area (Å²) in [6, 6.07) is 15.9. The Hall–Kier alpha value is -3.15. The van der Waals surface area contributed by atoms with Crippen molar-refractivity contribution in [3.8, 4) is 0 Å². The fourth-order valence-corrected chi connectivity index (χ4v) is 6.62. The zero-order chi connectivity index (χ0) is 24.0. The smallest absolute Gasteiger partial charge is 0.339 e. The van der Waals surface area contributed by atoms with Gasteiger partial charge >= 0.3 is 5.97 Å². The van der Waals surface area contributed by atoms with E-state index in [-0.39, 0.29) is 29.6 Å². The lowest BCUT2D eigenvalue weighted by molar-refractivity contribution is -0.136. The molecule has 6 nitrogen and oxygen atoms in total. The lowest BCUT2D eigenvalue weighted by Gasteiger charge is -2.39. The maximum atomic E-state index is 13.1. The summed E-state index contributed by atoms with van der Waals surface area (Å²) in [5.41, 5.74) is 4.29. The molecular formula is C29H32N2O4. The number of hydrogen-bond acceptors (Lipinski definition) is 4. The second-order valence-corrected chi connectivity index (χ2v) is 10.9. The van der Waals surface area contributed by atoms with Crippen molar-refractivity contribution in [3.63, 3.8) is 0 Å². The first-order valence-electron chi connectivity index (χ1n) is 12.9. The number of rotatable bonds is 4. The number of benzene rings is 2. The number of ether oxygens (including phenoxy) is 1. The number of cyclic esters (lactones) is 1. The fraction of sp³-hybridized carbons (Fsp3) is 0.483. The molecule has 2 amide bonds. The van der Waals surface area contributed by atoms with Gasteiger partial charge in [-0.15, -0.1) is 0 Å². The summed E-state index contributed by atoms with van der Waals surface area (Å²) in [5, 5.41) is 0. The van der Waals surface area contributed by atoms with Crippen LogP contribution in [-0.4, -0.2) is 53.8 Å². The topological polar surface area (TPSA) is 66.9 Å². The average Bonchev–Trinajstić information content (AvgIpc) is 3.55. The van der Waals surface area contributed by atoms with Gasteiger partial charge < -0.3 is 14.5 Å². The standard InChI is InChI=1S/C29H32N2O4/c32-26(17-20-15-21-5-1-2-6-22(21)16-20)30-12-9-29(10-13-30)11-14-31(19-29)27(33)18-25-23-7-3-4-8-24(23)28(34)35-25/h1-8,20,25H,9-19H2. The fourth-order valence-electron chi connectivity index (χ4n) is 6.62. The Labute approximate surface area is 206 Å². The van der Waals surface area contributed by atoms with Crippen LogP contribution in [0.4, 0.5) is 0 Å². The first-order chi connectivity index (χ1) is 17.0. The highest BCUT2D eigenvalue weighted by atomic mass is 16.5. The van der Waals surface area contributed by atoms with Crippen LogP contribution in [0.15, 0.2) is 48.5 Å². The summed E-state index contributed by atoms with van der Waals surface area (Å²) in [4.78, 5) is 42.2. The van der Waals surface area contributed by atoms with Crippen molar-refractivity contribution in [2.24, 2.45) is 11.3 Å². The van der Waals surface area contributed by atoms with Gasteiger partial charge in [0.15, 0.2) is 0 Å². The number of amides is 2. The molecule has 2 saturated heterocycles. The number of likely N-dealkylation sites (tertiary alicyclic amines) is 2. The second-order valence-electron chi connectivity index (χ2n) is 10.9. The largest absolute Gasteiger partial charge is 0.453 e. The van der Waals surface area contributed by atoms with E-state index in [1.807, 2.05) is 28.0 Å². The Kier molecular flexibility index (Phi) is 5.62. The van der Waals surface area contributed by atoms with Crippen molar-refractivity contribution in [3.05, 3.63) is 70.8 Å². The first kappa shape index (κ1) is 22.3. The molecular weight excluding hydrogens is 440 g/mol. The van der Waals surface area contributed by atoms with Crippen LogP contribution in [0, 0.1) is 11.3 Å². The van der Waals surface area contributed by atoms with E-state index in [4.69, 9.17) is 4.74 Å². The van der Waals surface area contributed by atoms with Gasteiger partial charge in [0.25, 0.3) is 0 Å². The number of hydrogen-bond donors (Lipinski definition) is 0. The molecule has 1 unspecified atom stereocenters. The van der Waals surface area contributed by atoms with Crippen molar-refractivity contribution in [2.75, 3.05) is 26.2 Å². The summed E-state index contributed by atoms with van der Waals surface area (Å²) >= 11 is 0. The zero-order valence-corrected chi connectivity index (χ0v) is 20.1. The van der Waals surface area contributed by atoms with E-state index in [1.54, 1.807) is 6.07 Å². The predicted molar refractivity (Wildman–Crippen MR) is 131 cm³/mol. The monoisotopic (exact) mass is 472 g/mol. The van der Waals surface area contributed by atoms with Crippen molar-refractivity contribution < 1.29 is 19.1 Å². The second kappa shape index (κ2) is 8.81. The van der Waals surface area contributed by atoms with E-state index in [0.29, 0.717) is 17.9 Å². The molecule has 6 rings (SSSR count). The summed E-state index contributed by atoms with van der Waals surface area (Å²) < 4.78 is 5.48. The minimum absolute atomic E-state index is 0.0516. The number of fused-ring (bicyclic) bond motifs is 2. The van der Waals surface area contributed by atoms with E-state index in [9.17, 15) is 14.4 Å². The molecule has 182 valence electrons. The van der Waals surface area contributed by atoms with Crippen LogP contribution in [-0.2, 0) is 27.2 Å². The van der Waals surface area contributed by atoms with Gasteiger partial charge in [-0.3, -0.25) is 9.59 Å². The van der Waals surface area contributed by atoms with Crippen molar-refractivity contribution in [1.29, 1.82) is 0 Å². The third kappa shape index (κ3) is 4.24. The van der Waals surface area contributed by atoms with Crippen LogP contribution < -0.4 is 0 Å². The summed E-state index contributed by atoms with van der Waals surface area (Å²) in [6.45, 7) is 3.06. The Morgan fingerprint density at radius 2 is 1.43 bits per heavy atom. The number of esters is 1. The van der Waals surface area contributed by atoms with Gasteiger partial charge in [-0.25, -0.2) is 4.79 Å². The van der Waals surface area contributed by atoms with Gasteiger partial charge in [0.05, 0.1) is 12.0 Å². The molecule has 2 aromatic rings. The van der Waals surface area contributed by atoms with Crippen LogP contribution in [0.1, 0.15) is 65.3 Å². The number of carbonyl (C=O) groups is 3. The molecule has 0 saturated carbocycles. The lowest BCUT2D eigenvalue weighted by Crippen LogP contribution is -2.45. The van der Waals surface area contributed by atoms with Crippen LogP contribution in [0.25, 0.3) is 0 Å². The molecule has 4 aliphatic rings. The highest BCUT2D eigenvalue weighted by Gasteiger charge is 2.44. The molecule has 1 spiro atoms. The molecule has 0 radical (unpaired) electrons. The average molecular weight is 473 g/mol. The van der Waals surface area contributed by atoms with E-state index >= 15 is 0 Å². The zero-order valence-electron chi connectivity index (χ0n) is 20.1. The maximum Gasteiger partial charge on any atom is 0.339 e. The van der Waals surface area contributed by atoms with Crippen LogP contribution >= 0.6 is 0 Å². The van der Waals surface area contributed by atoms with E-state index in [1.165, 1.54) is 11.1 Å². The van der Waals surface area contributed by atoms with Crippen LogP contribution in [0.2, 0.25) is 0 Å². The van der Waals surface area contributed by atoms with E-state index in [0.717, 1.165) is 63.8 Å². The molecule has 2 aromatic carbocycles. The van der Waals surface area contributed by atoms with Gasteiger partial charge in [0.2, 0.25) is 11.8 Å².